The minimum Gasteiger partial charge on any atom is -0.467 e. The van der Waals surface area contributed by atoms with Crippen molar-refractivity contribution in [1.82, 2.24) is 10.6 Å². The van der Waals surface area contributed by atoms with Crippen LogP contribution in [0.2, 0.25) is 0 Å². The van der Waals surface area contributed by atoms with Crippen LogP contribution in [0.4, 0.5) is 5.69 Å². The van der Waals surface area contributed by atoms with Gasteiger partial charge < -0.3 is 20.0 Å². The lowest BCUT2D eigenvalue weighted by atomic mass is 10.1. The van der Waals surface area contributed by atoms with E-state index in [1.807, 2.05) is 42.5 Å². The molecule has 2 aromatic carbocycles. The van der Waals surface area contributed by atoms with Gasteiger partial charge in [-0.25, -0.2) is 0 Å². The van der Waals surface area contributed by atoms with Crippen molar-refractivity contribution in [1.29, 1.82) is 0 Å². The third kappa shape index (κ3) is 5.15. The first-order valence-electron chi connectivity index (χ1n) is 10.7. The molecule has 1 aliphatic heterocycles. The summed E-state index contributed by atoms with van der Waals surface area (Å²) < 4.78 is 5.64. The Kier molecular flexibility index (Phi) is 6.67. The summed E-state index contributed by atoms with van der Waals surface area (Å²) >= 11 is 0. The molecule has 2 heterocycles. The van der Waals surface area contributed by atoms with E-state index in [1.54, 1.807) is 6.26 Å². The minimum absolute atomic E-state index is 0.173. The lowest BCUT2D eigenvalue weighted by Gasteiger charge is -2.29. The van der Waals surface area contributed by atoms with Crippen LogP contribution < -0.4 is 15.5 Å². The summed E-state index contributed by atoms with van der Waals surface area (Å²) in [6, 6.07) is 21.9. The van der Waals surface area contributed by atoms with Crippen LogP contribution in [0.25, 0.3) is 0 Å². The maximum atomic E-state index is 12.4. The molecule has 31 heavy (non-hydrogen) atoms. The standard InChI is InChI=1S/C25H27N3O3/c29-24(26-15-6-10-19-8-2-1-3-9-19)25(30)27-18-22(23-13-7-17-31-23)28-16-14-20-11-4-5-12-21(20)28/h1-5,7-9,11-13,17,22H,6,10,14-16,18H2,(H,26,29)(H,27,30)/t22-/m0/s1. The number of anilines is 1. The van der Waals surface area contributed by atoms with Crippen molar-refractivity contribution in [2.24, 2.45) is 0 Å². The molecule has 0 bridgehead atoms. The molecule has 0 fully saturated rings. The zero-order valence-corrected chi connectivity index (χ0v) is 17.4. The van der Waals surface area contributed by atoms with Gasteiger partial charge in [0.05, 0.1) is 6.26 Å². The van der Waals surface area contributed by atoms with Gasteiger partial charge in [0, 0.05) is 25.3 Å². The smallest absolute Gasteiger partial charge is 0.309 e. The van der Waals surface area contributed by atoms with Crippen LogP contribution in [0.5, 0.6) is 0 Å². The number of furan rings is 1. The Labute approximate surface area is 182 Å². The number of nitrogens with zero attached hydrogens (tertiary/aromatic N) is 1. The SMILES string of the molecule is O=C(NCCCc1ccccc1)C(=O)NC[C@@H](c1ccco1)N1CCc2ccccc21. The molecule has 4 rings (SSSR count). The van der Waals surface area contributed by atoms with Gasteiger partial charge in [-0.05, 0) is 48.6 Å². The zero-order chi connectivity index (χ0) is 21.5. The number of benzene rings is 2. The topological polar surface area (TPSA) is 74.6 Å². The highest BCUT2D eigenvalue weighted by Crippen LogP contribution is 2.34. The van der Waals surface area contributed by atoms with Crippen molar-refractivity contribution in [2.75, 3.05) is 24.5 Å². The number of hydrogen-bond donors (Lipinski definition) is 2. The molecule has 1 aromatic heterocycles. The molecule has 2 N–H and O–H groups in total. The Hall–Kier alpha value is -3.54. The second kappa shape index (κ2) is 9.98. The van der Waals surface area contributed by atoms with Gasteiger partial charge >= 0.3 is 11.8 Å². The molecule has 1 aliphatic rings. The Morgan fingerprint density at radius 1 is 0.935 bits per heavy atom. The maximum absolute atomic E-state index is 12.4. The van der Waals surface area contributed by atoms with Gasteiger partial charge in [-0.1, -0.05) is 48.5 Å². The van der Waals surface area contributed by atoms with E-state index in [0.717, 1.165) is 37.3 Å². The van der Waals surface area contributed by atoms with Gasteiger partial charge in [0.15, 0.2) is 0 Å². The molecule has 0 saturated heterocycles. The molecular formula is C25H27N3O3. The second-order valence-electron chi connectivity index (χ2n) is 7.66. The average Bonchev–Trinajstić information content (AvgIpc) is 3.48. The van der Waals surface area contributed by atoms with E-state index in [9.17, 15) is 9.59 Å². The van der Waals surface area contributed by atoms with Gasteiger partial charge in [-0.2, -0.15) is 0 Å². The number of rotatable bonds is 8. The largest absolute Gasteiger partial charge is 0.467 e. The molecule has 0 aliphatic carbocycles. The molecule has 6 heteroatoms. The van der Waals surface area contributed by atoms with Crippen LogP contribution in [0.1, 0.15) is 29.3 Å². The van der Waals surface area contributed by atoms with Crippen molar-refractivity contribution >= 4 is 17.5 Å². The second-order valence-corrected chi connectivity index (χ2v) is 7.66. The number of carbonyl (C=O) groups is 2. The van der Waals surface area contributed by atoms with Crippen LogP contribution in [-0.4, -0.2) is 31.4 Å². The Morgan fingerprint density at radius 3 is 2.52 bits per heavy atom. The molecule has 1 atom stereocenters. The van der Waals surface area contributed by atoms with Crippen molar-refractivity contribution in [3.8, 4) is 0 Å². The average molecular weight is 418 g/mol. The van der Waals surface area contributed by atoms with Crippen LogP contribution in [0, 0.1) is 0 Å². The van der Waals surface area contributed by atoms with Crippen LogP contribution in [-0.2, 0) is 22.4 Å². The zero-order valence-electron chi connectivity index (χ0n) is 17.4. The summed E-state index contributed by atoms with van der Waals surface area (Å²) in [4.78, 5) is 26.8. The van der Waals surface area contributed by atoms with Gasteiger partial charge in [0.2, 0.25) is 0 Å². The maximum Gasteiger partial charge on any atom is 0.309 e. The third-order valence-corrected chi connectivity index (χ3v) is 5.60. The highest BCUT2D eigenvalue weighted by Gasteiger charge is 2.29. The fraction of sp³-hybridized carbons (Fsp3) is 0.280. The number of hydrogen-bond acceptors (Lipinski definition) is 4. The lowest BCUT2D eigenvalue weighted by Crippen LogP contribution is -2.44. The fourth-order valence-electron chi connectivity index (χ4n) is 4.02. The Bertz CT molecular complexity index is 1000. The number of amides is 2. The van der Waals surface area contributed by atoms with Crippen molar-refractivity contribution < 1.29 is 14.0 Å². The number of fused-ring (bicyclic) bond motifs is 1. The minimum atomic E-state index is -0.622. The summed E-state index contributed by atoms with van der Waals surface area (Å²) in [5.41, 5.74) is 3.64. The van der Waals surface area contributed by atoms with Crippen LogP contribution in [0.3, 0.4) is 0 Å². The monoisotopic (exact) mass is 417 g/mol. The highest BCUT2D eigenvalue weighted by atomic mass is 16.3. The van der Waals surface area contributed by atoms with Gasteiger partial charge in [0.25, 0.3) is 0 Å². The first-order chi connectivity index (χ1) is 15.2. The summed E-state index contributed by atoms with van der Waals surface area (Å²) in [6.45, 7) is 1.59. The van der Waals surface area contributed by atoms with E-state index in [1.165, 1.54) is 11.1 Å². The molecule has 160 valence electrons. The van der Waals surface area contributed by atoms with Crippen molar-refractivity contribution in [3.63, 3.8) is 0 Å². The number of para-hydroxylation sites is 1. The van der Waals surface area contributed by atoms with E-state index in [0.29, 0.717) is 6.54 Å². The molecule has 0 saturated carbocycles. The summed E-state index contributed by atoms with van der Waals surface area (Å²) in [5.74, 6) is -0.461. The first-order valence-corrected chi connectivity index (χ1v) is 10.7. The Morgan fingerprint density at radius 2 is 1.71 bits per heavy atom. The van der Waals surface area contributed by atoms with Crippen molar-refractivity contribution in [2.45, 2.75) is 25.3 Å². The number of aryl methyl sites for hydroxylation is 1. The number of nitrogens with one attached hydrogen (secondary N) is 2. The predicted molar refractivity (Wildman–Crippen MR) is 120 cm³/mol. The normalized spacial score (nSPS) is 13.5. The van der Waals surface area contributed by atoms with E-state index in [4.69, 9.17) is 4.42 Å². The van der Waals surface area contributed by atoms with Crippen LogP contribution in [0.15, 0.2) is 77.4 Å². The number of carbonyl (C=O) groups excluding carboxylic acids is 2. The van der Waals surface area contributed by atoms with Gasteiger partial charge in [-0.15, -0.1) is 0 Å². The quantitative estimate of drug-likeness (QED) is 0.436. The lowest BCUT2D eigenvalue weighted by molar-refractivity contribution is -0.139. The predicted octanol–water partition coefficient (Wildman–Crippen LogP) is 3.25. The van der Waals surface area contributed by atoms with E-state index < -0.39 is 11.8 Å². The molecule has 6 nitrogen and oxygen atoms in total. The van der Waals surface area contributed by atoms with E-state index in [2.05, 4.69) is 39.8 Å². The molecule has 0 unspecified atom stereocenters. The third-order valence-electron chi connectivity index (χ3n) is 5.60. The summed E-state index contributed by atoms with van der Waals surface area (Å²) in [5, 5.41) is 5.49. The van der Waals surface area contributed by atoms with E-state index >= 15 is 0 Å². The highest BCUT2D eigenvalue weighted by molar-refractivity contribution is 6.35. The van der Waals surface area contributed by atoms with Crippen molar-refractivity contribution in [3.05, 3.63) is 89.9 Å². The molecule has 3 aromatic rings. The molecule has 0 spiro atoms. The molecular weight excluding hydrogens is 390 g/mol. The van der Waals surface area contributed by atoms with Gasteiger partial charge in [-0.3, -0.25) is 9.59 Å². The summed E-state index contributed by atoms with van der Waals surface area (Å²) in [6.07, 6.45) is 4.22. The van der Waals surface area contributed by atoms with E-state index in [-0.39, 0.29) is 12.6 Å². The Balaban J connectivity index is 1.30. The van der Waals surface area contributed by atoms with Gasteiger partial charge in [0.1, 0.15) is 11.8 Å². The fourth-order valence-corrected chi connectivity index (χ4v) is 4.02. The molecule has 2 amide bonds. The first kappa shape index (κ1) is 20.7. The summed E-state index contributed by atoms with van der Waals surface area (Å²) in [7, 11) is 0. The van der Waals surface area contributed by atoms with Crippen LogP contribution >= 0.6 is 0 Å². The molecule has 0 radical (unpaired) electrons.